The van der Waals surface area contributed by atoms with E-state index in [2.05, 4.69) is 46.9 Å². The lowest BCUT2D eigenvalue weighted by Crippen LogP contribution is -2.46. The minimum Gasteiger partial charge on any atom is -0.379 e. The fourth-order valence-corrected chi connectivity index (χ4v) is 4.38. The number of morpholine rings is 1. The zero-order chi connectivity index (χ0) is 18.2. The fourth-order valence-electron chi connectivity index (χ4n) is 3.52. The molecule has 0 aromatic carbocycles. The SMILES string of the molecule is CCNC(=NCC1(C)CCCO1)NCC(c1cccs1)N1CCOCC1. The highest BCUT2D eigenvalue weighted by Crippen LogP contribution is 2.26. The van der Waals surface area contributed by atoms with Crippen LogP contribution >= 0.6 is 11.3 Å². The van der Waals surface area contributed by atoms with Crippen molar-refractivity contribution < 1.29 is 9.47 Å². The monoisotopic (exact) mass is 380 g/mol. The first-order chi connectivity index (χ1) is 12.7. The minimum atomic E-state index is -0.111. The van der Waals surface area contributed by atoms with Crippen molar-refractivity contribution in [2.24, 2.45) is 4.99 Å². The second-order valence-electron chi connectivity index (χ2n) is 7.16. The van der Waals surface area contributed by atoms with E-state index in [4.69, 9.17) is 14.5 Å². The Hall–Kier alpha value is -1.15. The van der Waals surface area contributed by atoms with Crippen LogP contribution in [0.2, 0.25) is 0 Å². The number of hydrogen-bond donors (Lipinski definition) is 2. The number of hydrogen-bond acceptors (Lipinski definition) is 5. The first-order valence-corrected chi connectivity index (χ1v) is 10.6. The standard InChI is InChI=1S/C19H32N4O2S/c1-3-20-18(22-15-19(2)7-5-10-25-19)21-14-16(17-6-4-13-26-17)23-8-11-24-12-9-23/h4,6,13,16H,3,5,7-12,14-15H2,1-2H3,(H2,20,21,22). The van der Waals surface area contributed by atoms with Crippen LogP contribution < -0.4 is 10.6 Å². The van der Waals surface area contributed by atoms with Crippen molar-refractivity contribution in [3.05, 3.63) is 22.4 Å². The molecule has 0 amide bonds. The van der Waals surface area contributed by atoms with E-state index < -0.39 is 0 Å². The van der Waals surface area contributed by atoms with Gasteiger partial charge in [0.25, 0.3) is 0 Å². The van der Waals surface area contributed by atoms with Crippen LogP contribution in [0.5, 0.6) is 0 Å². The van der Waals surface area contributed by atoms with Gasteiger partial charge in [0.1, 0.15) is 0 Å². The molecule has 0 bridgehead atoms. The molecule has 2 fully saturated rings. The highest BCUT2D eigenvalue weighted by molar-refractivity contribution is 7.10. The normalized spacial score (nSPS) is 26.0. The Morgan fingerprint density at radius 1 is 1.35 bits per heavy atom. The van der Waals surface area contributed by atoms with Gasteiger partial charge >= 0.3 is 0 Å². The van der Waals surface area contributed by atoms with Gasteiger partial charge in [0.2, 0.25) is 0 Å². The molecular formula is C19H32N4O2S. The van der Waals surface area contributed by atoms with Crippen LogP contribution in [-0.4, -0.2) is 69.0 Å². The molecule has 2 N–H and O–H groups in total. The summed E-state index contributed by atoms with van der Waals surface area (Å²) in [6, 6.07) is 4.70. The maximum atomic E-state index is 5.87. The topological polar surface area (TPSA) is 58.1 Å². The first kappa shape index (κ1) is 19.6. The van der Waals surface area contributed by atoms with Gasteiger partial charge in [0, 0.05) is 37.7 Å². The van der Waals surface area contributed by atoms with E-state index in [1.807, 2.05) is 11.3 Å². The van der Waals surface area contributed by atoms with Gasteiger partial charge in [-0.25, -0.2) is 0 Å². The van der Waals surface area contributed by atoms with Crippen molar-refractivity contribution in [2.75, 3.05) is 52.5 Å². The predicted molar refractivity (Wildman–Crippen MR) is 107 cm³/mol. The van der Waals surface area contributed by atoms with E-state index in [1.54, 1.807) is 0 Å². The maximum absolute atomic E-state index is 5.87. The lowest BCUT2D eigenvalue weighted by atomic mass is 10.0. The Morgan fingerprint density at radius 3 is 2.85 bits per heavy atom. The van der Waals surface area contributed by atoms with Crippen molar-refractivity contribution in [3.8, 4) is 0 Å². The lowest BCUT2D eigenvalue weighted by Gasteiger charge is -2.34. The molecule has 2 saturated heterocycles. The van der Waals surface area contributed by atoms with Gasteiger partial charge in [0.15, 0.2) is 5.96 Å². The van der Waals surface area contributed by atoms with Crippen molar-refractivity contribution in [1.29, 1.82) is 0 Å². The summed E-state index contributed by atoms with van der Waals surface area (Å²) in [6.07, 6.45) is 2.22. The average molecular weight is 381 g/mol. The van der Waals surface area contributed by atoms with Gasteiger partial charge in [-0.3, -0.25) is 9.89 Å². The van der Waals surface area contributed by atoms with Gasteiger partial charge in [-0.05, 0) is 38.1 Å². The summed E-state index contributed by atoms with van der Waals surface area (Å²) in [5.41, 5.74) is -0.111. The van der Waals surface area contributed by atoms with Gasteiger partial charge in [-0.15, -0.1) is 11.3 Å². The van der Waals surface area contributed by atoms with Crippen LogP contribution in [0, 0.1) is 0 Å². The minimum absolute atomic E-state index is 0.111. The van der Waals surface area contributed by atoms with Crippen LogP contribution in [0.1, 0.15) is 37.6 Å². The van der Waals surface area contributed by atoms with Gasteiger partial charge < -0.3 is 20.1 Å². The van der Waals surface area contributed by atoms with Gasteiger partial charge in [-0.1, -0.05) is 6.07 Å². The number of ether oxygens (including phenoxy) is 2. The molecule has 0 radical (unpaired) electrons. The lowest BCUT2D eigenvalue weighted by molar-refractivity contribution is 0.0176. The molecule has 0 saturated carbocycles. The zero-order valence-electron chi connectivity index (χ0n) is 16.0. The Bertz CT molecular complexity index is 552. The second kappa shape index (κ2) is 9.69. The molecule has 6 nitrogen and oxygen atoms in total. The molecule has 2 aliphatic rings. The molecule has 2 aliphatic heterocycles. The van der Waals surface area contributed by atoms with E-state index >= 15 is 0 Å². The van der Waals surface area contributed by atoms with E-state index in [0.29, 0.717) is 12.6 Å². The Morgan fingerprint density at radius 2 is 2.19 bits per heavy atom. The molecule has 0 spiro atoms. The summed E-state index contributed by atoms with van der Waals surface area (Å²) in [4.78, 5) is 8.69. The van der Waals surface area contributed by atoms with Crippen LogP contribution in [0.4, 0.5) is 0 Å². The third-order valence-corrected chi connectivity index (χ3v) is 6.01. The smallest absolute Gasteiger partial charge is 0.191 e. The highest BCUT2D eigenvalue weighted by Gasteiger charge is 2.29. The van der Waals surface area contributed by atoms with Crippen molar-refractivity contribution in [1.82, 2.24) is 15.5 Å². The number of rotatable bonds is 7. The van der Waals surface area contributed by atoms with E-state index in [0.717, 1.165) is 64.8 Å². The molecule has 3 rings (SSSR count). The number of nitrogens with one attached hydrogen (secondary N) is 2. The summed E-state index contributed by atoms with van der Waals surface area (Å²) < 4.78 is 11.4. The van der Waals surface area contributed by atoms with Gasteiger partial charge in [-0.2, -0.15) is 0 Å². The number of guanidine groups is 1. The molecular weight excluding hydrogens is 348 g/mol. The molecule has 0 aliphatic carbocycles. The van der Waals surface area contributed by atoms with Gasteiger partial charge in [0.05, 0.1) is 31.4 Å². The van der Waals surface area contributed by atoms with Crippen molar-refractivity contribution in [3.63, 3.8) is 0 Å². The molecule has 2 atom stereocenters. The summed E-state index contributed by atoms with van der Waals surface area (Å²) in [5, 5.41) is 9.08. The number of nitrogens with zero attached hydrogens (tertiary/aromatic N) is 2. The summed E-state index contributed by atoms with van der Waals surface area (Å²) in [6.45, 7) is 11.1. The first-order valence-electron chi connectivity index (χ1n) is 9.71. The third-order valence-electron chi connectivity index (χ3n) is 5.04. The number of thiophene rings is 1. The van der Waals surface area contributed by atoms with E-state index in [1.165, 1.54) is 4.88 Å². The molecule has 7 heteroatoms. The van der Waals surface area contributed by atoms with Crippen LogP contribution in [0.15, 0.2) is 22.5 Å². The van der Waals surface area contributed by atoms with E-state index in [9.17, 15) is 0 Å². The zero-order valence-corrected chi connectivity index (χ0v) is 16.8. The molecule has 2 unspecified atom stereocenters. The second-order valence-corrected chi connectivity index (χ2v) is 8.14. The molecule has 1 aromatic heterocycles. The van der Waals surface area contributed by atoms with E-state index in [-0.39, 0.29) is 5.60 Å². The molecule has 26 heavy (non-hydrogen) atoms. The summed E-state index contributed by atoms with van der Waals surface area (Å²) in [5.74, 6) is 0.874. The molecule has 146 valence electrons. The Balaban J connectivity index is 1.62. The molecule has 1 aromatic rings. The van der Waals surface area contributed by atoms with Crippen molar-refractivity contribution in [2.45, 2.75) is 38.3 Å². The predicted octanol–water partition coefficient (Wildman–Crippen LogP) is 2.25. The Kier molecular flexibility index (Phi) is 7.31. The van der Waals surface area contributed by atoms with Crippen LogP contribution in [0.3, 0.4) is 0 Å². The average Bonchev–Trinajstić information content (AvgIpc) is 3.33. The Labute approximate surface area is 161 Å². The summed E-state index contributed by atoms with van der Waals surface area (Å²) >= 11 is 1.82. The fraction of sp³-hybridized carbons (Fsp3) is 0.737. The highest BCUT2D eigenvalue weighted by atomic mass is 32.1. The quantitative estimate of drug-likeness (QED) is 0.561. The maximum Gasteiger partial charge on any atom is 0.191 e. The van der Waals surface area contributed by atoms with Crippen LogP contribution in [-0.2, 0) is 9.47 Å². The molecule has 3 heterocycles. The van der Waals surface area contributed by atoms with Crippen LogP contribution in [0.25, 0.3) is 0 Å². The largest absolute Gasteiger partial charge is 0.379 e. The third kappa shape index (κ3) is 5.42. The number of aliphatic imine (C=N–C) groups is 1. The van der Waals surface area contributed by atoms with Crippen molar-refractivity contribution >= 4 is 17.3 Å². The summed E-state index contributed by atoms with van der Waals surface area (Å²) in [7, 11) is 0.